The van der Waals surface area contributed by atoms with Crippen molar-refractivity contribution in [3.8, 4) is 0 Å². The number of hydrogen-bond donors (Lipinski definition) is 2. The van der Waals surface area contributed by atoms with Crippen molar-refractivity contribution in [3.05, 3.63) is 50.9 Å². The van der Waals surface area contributed by atoms with Crippen molar-refractivity contribution in [2.45, 2.75) is 0 Å². The first kappa shape index (κ1) is 11.3. The lowest BCUT2D eigenvalue weighted by atomic mass is 10.1. The average molecular weight is 278 g/mol. The Hall–Kier alpha value is -1.85. The molecule has 0 saturated carbocycles. The van der Waals surface area contributed by atoms with Crippen LogP contribution in [0.3, 0.4) is 0 Å². The summed E-state index contributed by atoms with van der Waals surface area (Å²) in [6.07, 6.45) is 1.74. The molecule has 1 amide bonds. The summed E-state index contributed by atoms with van der Waals surface area (Å²) in [6.45, 7) is 0. The number of carbonyl (C=O) groups is 1. The highest BCUT2D eigenvalue weighted by Gasteiger charge is 2.24. The Morgan fingerprint density at radius 1 is 1.33 bits per heavy atom. The van der Waals surface area contributed by atoms with Crippen LogP contribution in [0.2, 0.25) is 5.15 Å². The number of H-pyrrole nitrogens is 1. The van der Waals surface area contributed by atoms with Crippen LogP contribution in [0.5, 0.6) is 0 Å². The first-order valence-corrected chi connectivity index (χ1v) is 6.48. The van der Waals surface area contributed by atoms with Crippen molar-refractivity contribution in [1.29, 1.82) is 0 Å². The number of hydrazone groups is 1. The summed E-state index contributed by atoms with van der Waals surface area (Å²) < 4.78 is 0. The summed E-state index contributed by atoms with van der Waals surface area (Å²) in [5.74, 6) is -0.205. The van der Waals surface area contributed by atoms with Gasteiger partial charge in [-0.25, -0.2) is 5.43 Å². The molecule has 0 radical (unpaired) electrons. The van der Waals surface area contributed by atoms with E-state index >= 15 is 0 Å². The number of amides is 1. The molecule has 2 aromatic rings. The van der Waals surface area contributed by atoms with Crippen LogP contribution in [-0.2, 0) is 4.79 Å². The number of hydrogen-bond acceptors (Lipinski definition) is 3. The molecule has 1 aliphatic rings. The zero-order valence-electron chi connectivity index (χ0n) is 9.11. The van der Waals surface area contributed by atoms with Crippen LogP contribution in [0.25, 0.3) is 6.08 Å². The molecule has 0 fully saturated rings. The van der Waals surface area contributed by atoms with Gasteiger partial charge in [-0.3, -0.25) is 4.79 Å². The molecule has 0 aliphatic carbocycles. The zero-order valence-corrected chi connectivity index (χ0v) is 10.7. The number of nitrogens with zero attached hydrogens (tertiary/aromatic N) is 1. The molecule has 2 aromatic heterocycles. The maximum Gasteiger partial charge on any atom is 0.273 e. The van der Waals surface area contributed by atoms with Gasteiger partial charge in [0.1, 0.15) is 10.9 Å². The van der Waals surface area contributed by atoms with Crippen LogP contribution >= 0.6 is 22.9 Å². The zero-order chi connectivity index (χ0) is 12.5. The predicted molar refractivity (Wildman–Crippen MR) is 72.8 cm³/mol. The summed E-state index contributed by atoms with van der Waals surface area (Å²) in [5.41, 5.74) is 4.46. The number of carbonyl (C=O) groups excluding carboxylic acids is 1. The molecule has 6 heteroatoms. The molecule has 3 heterocycles. The normalized spacial score (nSPS) is 17.1. The van der Waals surface area contributed by atoms with Crippen molar-refractivity contribution in [3.63, 3.8) is 0 Å². The van der Waals surface area contributed by atoms with E-state index in [9.17, 15) is 4.79 Å². The van der Waals surface area contributed by atoms with Crippen LogP contribution < -0.4 is 5.43 Å². The van der Waals surface area contributed by atoms with E-state index in [1.165, 1.54) is 0 Å². The minimum absolute atomic E-state index is 0.205. The quantitative estimate of drug-likeness (QED) is 0.815. The molecule has 18 heavy (non-hydrogen) atoms. The van der Waals surface area contributed by atoms with Crippen molar-refractivity contribution >= 4 is 40.6 Å². The van der Waals surface area contributed by atoms with Crippen LogP contribution in [0.1, 0.15) is 10.6 Å². The number of nitrogens with one attached hydrogen (secondary N) is 2. The first-order chi connectivity index (χ1) is 8.74. The van der Waals surface area contributed by atoms with Crippen molar-refractivity contribution in [2.24, 2.45) is 5.10 Å². The fourth-order valence-corrected chi connectivity index (χ4v) is 2.59. The van der Waals surface area contributed by atoms with E-state index in [1.54, 1.807) is 23.5 Å². The lowest BCUT2D eigenvalue weighted by molar-refractivity contribution is -0.116. The first-order valence-electron chi connectivity index (χ1n) is 5.22. The van der Waals surface area contributed by atoms with Gasteiger partial charge in [0, 0.05) is 5.69 Å². The van der Waals surface area contributed by atoms with E-state index in [4.69, 9.17) is 11.6 Å². The lowest BCUT2D eigenvalue weighted by Gasteiger charge is -1.97. The third-order valence-electron chi connectivity index (χ3n) is 2.50. The van der Waals surface area contributed by atoms with Crippen LogP contribution in [-0.4, -0.2) is 16.6 Å². The monoisotopic (exact) mass is 277 g/mol. The van der Waals surface area contributed by atoms with Crippen LogP contribution in [0.4, 0.5) is 0 Å². The summed E-state index contributed by atoms with van der Waals surface area (Å²) in [5, 5.41) is 6.54. The third-order valence-corrected chi connectivity index (χ3v) is 3.59. The standard InChI is InChI=1S/C12H8ClN3OS/c13-10-4-3-7(14-10)6-8-11(15-16-12(8)17)9-2-1-5-18-9/h1-6,14H,(H,16,17). The van der Waals surface area contributed by atoms with Gasteiger partial charge in [-0.2, -0.15) is 5.10 Å². The highest BCUT2D eigenvalue weighted by Crippen LogP contribution is 2.21. The van der Waals surface area contributed by atoms with Gasteiger partial charge in [-0.1, -0.05) is 17.7 Å². The summed E-state index contributed by atoms with van der Waals surface area (Å²) in [6, 6.07) is 7.41. The van der Waals surface area contributed by atoms with Gasteiger partial charge >= 0.3 is 0 Å². The minimum Gasteiger partial charge on any atom is -0.346 e. The molecular formula is C12H8ClN3OS. The van der Waals surface area contributed by atoms with Gasteiger partial charge < -0.3 is 4.98 Å². The molecule has 0 atom stereocenters. The molecule has 0 bridgehead atoms. The Bertz CT molecular complexity index is 655. The Morgan fingerprint density at radius 3 is 2.89 bits per heavy atom. The minimum atomic E-state index is -0.205. The number of aromatic nitrogens is 1. The van der Waals surface area contributed by atoms with E-state index in [0.717, 1.165) is 10.6 Å². The molecule has 3 rings (SSSR count). The molecule has 1 aliphatic heterocycles. The van der Waals surface area contributed by atoms with Gasteiger partial charge in [-0.05, 0) is 29.7 Å². The Balaban J connectivity index is 2.01. The predicted octanol–water partition coefficient (Wildman–Crippen LogP) is 2.65. The van der Waals surface area contributed by atoms with E-state index in [0.29, 0.717) is 16.4 Å². The highest BCUT2D eigenvalue weighted by molar-refractivity contribution is 7.12. The summed E-state index contributed by atoms with van der Waals surface area (Å²) in [4.78, 5) is 15.7. The lowest BCUT2D eigenvalue weighted by Crippen LogP contribution is -2.13. The van der Waals surface area contributed by atoms with Gasteiger partial charge in [-0.15, -0.1) is 11.3 Å². The number of rotatable bonds is 2. The fraction of sp³-hybridized carbons (Fsp3) is 0. The van der Waals surface area contributed by atoms with E-state index < -0.39 is 0 Å². The maximum atomic E-state index is 11.8. The molecule has 2 N–H and O–H groups in total. The second-order valence-electron chi connectivity index (χ2n) is 3.70. The van der Waals surface area contributed by atoms with Crippen molar-refractivity contribution in [2.75, 3.05) is 0 Å². The molecule has 0 saturated heterocycles. The Labute approximate surface area is 112 Å². The highest BCUT2D eigenvalue weighted by atomic mass is 35.5. The maximum absolute atomic E-state index is 11.8. The van der Waals surface area contributed by atoms with Crippen molar-refractivity contribution in [1.82, 2.24) is 10.4 Å². The SMILES string of the molecule is O=C1NN=C(c2cccs2)C1=Cc1ccc(Cl)[nH]1. The Morgan fingerprint density at radius 2 is 2.22 bits per heavy atom. The average Bonchev–Trinajstić information content (AvgIpc) is 3.03. The molecule has 0 aromatic carbocycles. The van der Waals surface area contributed by atoms with E-state index in [-0.39, 0.29) is 5.91 Å². The number of aromatic amines is 1. The smallest absolute Gasteiger partial charge is 0.273 e. The number of halogens is 1. The fourth-order valence-electron chi connectivity index (χ4n) is 1.69. The van der Waals surface area contributed by atoms with Gasteiger partial charge in [0.2, 0.25) is 0 Å². The number of thiophene rings is 1. The largest absolute Gasteiger partial charge is 0.346 e. The van der Waals surface area contributed by atoms with Crippen LogP contribution in [0, 0.1) is 0 Å². The molecule has 4 nitrogen and oxygen atoms in total. The topological polar surface area (TPSA) is 57.2 Å². The third kappa shape index (κ3) is 1.98. The van der Waals surface area contributed by atoms with E-state index in [1.807, 2.05) is 23.6 Å². The second kappa shape index (κ2) is 4.44. The van der Waals surface area contributed by atoms with E-state index in [2.05, 4.69) is 15.5 Å². The Kier molecular flexibility index (Phi) is 2.77. The van der Waals surface area contributed by atoms with Gasteiger partial charge in [0.25, 0.3) is 5.91 Å². The molecule has 90 valence electrons. The second-order valence-corrected chi connectivity index (χ2v) is 5.05. The summed E-state index contributed by atoms with van der Waals surface area (Å²) in [7, 11) is 0. The van der Waals surface area contributed by atoms with Crippen LogP contribution in [0.15, 0.2) is 40.3 Å². The molecule has 0 spiro atoms. The van der Waals surface area contributed by atoms with Gasteiger partial charge in [0.15, 0.2) is 0 Å². The van der Waals surface area contributed by atoms with Crippen molar-refractivity contribution < 1.29 is 4.79 Å². The summed E-state index contributed by atoms with van der Waals surface area (Å²) >= 11 is 7.35. The molecule has 0 unspecified atom stereocenters. The van der Waals surface area contributed by atoms with Gasteiger partial charge in [0.05, 0.1) is 10.5 Å². The molecular weight excluding hydrogens is 270 g/mol.